The Hall–Kier alpha value is -2.82. The molecule has 592 valence electrons. The molecule has 0 aliphatic rings. The monoisotopic (exact) mass is 1870 g/mol. The summed E-state index contributed by atoms with van der Waals surface area (Å²) in [7, 11) is 0. The van der Waals surface area contributed by atoms with Crippen molar-refractivity contribution in [1.29, 1.82) is 0 Å². The number of H-pyrrole nitrogens is 1. The molecule has 107 heavy (non-hydrogen) atoms. The lowest BCUT2D eigenvalue weighted by atomic mass is 10.0. The summed E-state index contributed by atoms with van der Waals surface area (Å²) < 4.78 is 10.3. The van der Waals surface area contributed by atoms with Crippen molar-refractivity contribution in [3.05, 3.63) is 211 Å². The number of nitrogens with one attached hydrogen (secondary N) is 1. The van der Waals surface area contributed by atoms with Crippen molar-refractivity contribution < 1.29 is 43.1 Å². The van der Waals surface area contributed by atoms with Crippen LogP contribution in [0.2, 0.25) is 41.2 Å². The van der Waals surface area contributed by atoms with Crippen LogP contribution < -0.4 is 43.1 Å². The Balaban J connectivity index is 0.000000351. The molecular weight excluding hydrogens is 1760 g/mol. The summed E-state index contributed by atoms with van der Waals surface area (Å²) in [6.45, 7) is 13.5. The SMILES string of the molecule is BrCCc1cccc2ccccc12.CCCCCCCCCCBr.CCCCCCCCCC[n+]1cn(CCc2cccc3ccccc23)c(Cl)c1Cl.CCCCCCCCCCn1cnc(Cl)c1Cl.CCCCCCCCC[n+]1cn(CCc2cccc3ccccc23)c(Cl)c1Cl.Clc1nc[nH]c1Cl.[Br-].[Br-]. The predicted octanol–water partition coefficient (Wildman–Crippen LogP) is 24.2. The van der Waals surface area contributed by atoms with Crippen molar-refractivity contribution in [2.24, 2.45) is 0 Å². The normalized spacial score (nSPS) is 10.8. The van der Waals surface area contributed by atoms with Crippen LogP contribution >= 0.6 is 125 Å². The van der Waals surface area contributed by atoms with Crippen molar-refractivity contribution in [3.63, 3.8) is 0 Å². The number of benzene rings is 6. The van der Waals surface area contributed by atoms with Crippen molar-refractivity contribution in [2.45, 2.75) is 279 Å². The van der Waals surface area contributed by atoms with Gasteiger partial charge in [-0.15, -0.1) is 0 Å². The molecule has 0 aliphatic carbocycles. The van der Waals surface area contributed by atoms with Crippen LogP contribution in [0.3, 0.4) is 0 Å². The van der Waals surface area contributed by atoms with Crippen molar-refractivity contribution >= 4 is 157 Å². The molecule has 4 aromatic heterocycles. The largest absolute Gasteiger partial charge is 1.00 e. The van der Waals surface area contributed by atoms with Crippen LogP contribution in [0.4, 0.5) is 0 Å². The van der Waals surface area contributed by atoms with Gasteiger partial charge in [0, 0.05) is 30.0 Å². The lowest BCUT2D eigenvalue weighted by Gasteiger charge is -2.05. The van der Waals surface area contributed by atoms with Gasteiger partial charge in [0.15, 0.2) is 10.3 Å². The van der Waals surface area contributed by atoms with Gasteiger partial charge in [0.05, 0.1) is 38.8 Å². The average Bonchev–Trinajstić information content (AvgIpc) is 1.74. The molecule has 0 amide bonds. The van der Waals surface area contributed by atoms with E-state index in [0.29, 0.717) is 41.2 Å². The third kappa shape index (κ3) is 38.7. The molecule has 0 saturated heterocycles. The van der Waals surface area contributed by atoms with Gasteiger partial charge in [-0.1, -0.05) is 394 Å². The summed E-state index contributed by atoms with van der Waals surface area (Å²) >= 11 is 55.4. The van der Waals surface area contributed by atoms with Crippen molar-refractivity contribution in [3.8, 4) is 0 Å². The van der Waals surface area contributed by atoms with Crippen LogP contribution in [-0.4, -0.2) is 39.3 Å². The fourth-order valence-corrected chi connectivity index (χ4v) is 15.1. The summed E-state index contributed by atoms with van der Waals surface area (Å²) in [6, 6.07) is 45.1. The van der Waals surface area contributed by atoms with E-state index in [1.807, 2.05) is 4.57 Å². The number of aromatic nitrogens is 8. The zero-order valence-electron chi connectivity index (χ0n) is 64.1. The van der Waals surface area contributed by atoms with E-state index in [9.17, 15) is 0 Å². The minimum atomic E-state index is 0. The first kappa shape index (κ1) is 98.4. The zero-order valence-corrected chi connectivity index (χ0v) is 76.5. The maximum Gasteiger partial charge on any atom is 0.255 e. The van der Waals surface area contributed by atoms with Crippen LogP contribution in [0.5, 0.6) is 0 Å². The Morgan fingerprint density at radius 1 is 0.336 bits per heavy atom. The van der Waals surface area contributed by atoms with Gasteiger partial charge in [0.25, 0.3) is 20.6 Å². The van der Waals surface area contributed by atoms with E-state index < -0.39 is 0 Å². The Labute approximate surface area is 721 Å². The number of aromatic amines is 1. The van der Waals surface area contributed by atoms with Crippen LogP contribution in [-0.2, 0) is 52.0 Å². The second-order valence-corrected chi connectivity index (χ2v) is 31.8. The first-order valence-electron chi connectivity index (χ1n) is 39.4. The van der Waals surface area contributed by atoms with E-state index in [0.717, 1.165) is 76.6 Å². The van der Waals surface area contributed by atoms with Crippen LogP contribution in [0.1, 0.15) is 243 Å². The number of unbranched alkanes of at least 4 members (excludes halogenated alkanes) is 27. The highest BCUT2D eigenvalue weighted by molar-refractivity contribution is 9.09. The third-order valence-electron chi connectivity index (χ3n) is 18.9. The summed E-state index contributed by atoms with van der Waals surface area (Å²) in [4.78, 5) is 10.1. The highest BCUT2D eigenvalue weighted by Crippen LogP contribution is 2.27. The number of rotatable bonds is 42. The molecule has 6 aromatic carbocycles. The van der Waals surface area contributed by atoms with Gasteiger partial charge in [-0.25, -0.2) is 28.2 Å². The van der Waals surface area contributed by atoms with Gasteiger partial charge in [-0.2, -0.15) is 0 Å². The third-order valence-corrected chi connectivity index (χ3v) is 23.1. The van der Waals surface area contributed by atoms with E-state index in [1.54, 1.807) is 6.33 Å². The molecule has 0 unspecified atom stereocenters. The Morgan fingerprint density at radius 2 is 0.673 bits per heavy atom. The van der Waals surface area contributed by atoms with Gasteiger partial charge in [0.1, 0.15) is 10.3 Å². The maximum atomic E-state index is 6.52. The minimum absolute atomic E-state index is 0. The molecule has 0 radical (unpaired) electrons. The molecule has 0 atom stereocenters. The summed E-state index contributed by atoms with van der Waals surface area (Å²) in [6.07, 6.45) is 51.8. The van der Waals surface area contributed by atoms with Crippen LogP contribution in [0.15, 0.2) is 153 Å². The average molecular weight is 1880 g/mol. The first-order chi connectivity index (χ1) is 51.3. The highest BCUT2D eigenvalue weighted by Gasteiger charge is 2.22. The summed E-state index contributed by atoms with van der Waals surface area (Å²) in [5.74, 6) is 0. The number of alkyl halides is 2. The number of hydrogen-bond acceptors (Lipinski definition) is 2. The predicted molar refractivity (Wildman–Crippen MR) is 467 cm³/mol. The van der Waals surface area contributed by atoms with E-state index in [1.165, 1.54) is 240 Å². The fraction of sp³-hybridized carbons (Fsp3) is 0.517. The van der Waals surface area contributed by atoms with E-state index in [4.69, 9.17) is 92.8 Å². The first-order valence-corrected chi connectivity index (χ1v) is 44.7. The second kappa shape index (κ2) is 61.7. The molecule has 4 heterocycles. The second-order valence-electron chi connectivity index (χ2n) is 27.3. The standard InChI is InChI=1S/C25H33Cl2N2.C24H31Cl2N2.C13H22Cl2N2.C12H11Br.C10H21Br.C3H2Cl2N2.2BrH/c1-2-3-4-5-6-7-8-11-18-28-20-29(25(27)24(28)26)19-17-22-15-12-14-21-13-9-10-16-23(21)22;1-2-3-4-5-6-7-10-17-27-19-28(24(26)23(27)25)18-16-21-14-11-13-20-12-8-9-15-22(20)21;1-2-3-4-5-6-7-8-9-10-17-11-16-12(14)13(17)15;13-9-8-11-6-3-5-10-4-1-2-7-12(10)11;1-2-3-4-5-6-7-8-9-10-11;4-2-3(5)7-1-6-2;;/h9-10,12-16,20H,2-8,11,17-19H2,1H3;8-9,11-15,19H,2-7,10,16-18H2,1H3;11H,2-10H2,1H3;1-7H,8-9H2;2-10H2,1H3;1H,(H,6,7);2*1H/q2*+1;;;;;;/p-2. The molecule has 20 heteroatoms. The zero-order chi connectivity index (χ0) is 75.5. The molecule has 0 saturated carbocycles. The van der Waals surface area contributed by atoms with Gasteiger partial charge < -0.3 is 43.5 Å². The Kier molecular flexibility index (Phi) is 56.7. The molecular formula is C87H120Br4Cl8N8. The Morgan fingerprint density at radius 3 is 0.991 bits per heavy atom. The molecule has 0 fully saturated rings. The molecule has 0 bridgehead atoms. The topological polar surface area (TPSA) is 64.1 Å². The number of imidazole rings is 4. The Bertz CT molecular complexity index is 3850. The smallest absolute Gasteiger partial charge is 0.255 e. The number of aryl methyl sites for hydroxylation is 8. The number of hydrogen-bond donors (Lipinski definition) is 1. The number of halogens is 12. The molecule has 1 N–H and O–H groups in total. The van der Waals surface area contributed by atoms with E-state index in [2.05, 4.69) is 233 Å². The van der Waals surface area contributed by atoms with E-state index in [-0.39, 0.29) is 34.0 Å². The van der Waals surface area contributed by atoms with Crippen molar-refractivity contribution in [2.75, 3.05) is 10.7 Å². The van der Waals surface area contributed by atoms with Gasteiger partial charge in [-0.05, 0) is 140 Å². The minimum Gasteiger partial charge on any atom is -1.00 e. The molecule has 8 nitrogen and oxygen atoms in total. The van der Waals surface area contributed by atoms with Gasteiger partial charge in [-0.3, -0.25) is 0 Å². The summed E-state index contributed by atoms with van der Waals surface area (Å²) in [5, 5.41) is 14.4. The highest BCUT2D eigenvalue weighted by atomic mass is 79.9. The molecule has 10 rings (SSSR count). The number of fused-ring (bicyclic) bond motifs is 3. The van der Waals surface area contributed by atoms with Crippen molar-refractivity contribution in [1.82, 2.24) is 28.7 Å². The maximum absolute atomic E-state index is 6.52. The van der Waals surface area contributed by atoms with Crippen LogP contribution in [0, 0.1) is 0 Å². The van der Waals surface area contributed by atoms with Gasteiger partial charge in [0.2, 0.25) is 12.7 Å². The van der Waals surface area contributed by atoms with Crippen LogP contribution in [0.25, 0.3) is 32.3 Å². The fourth-order valence-electron chi connectivity index (χ4n) is 12.8. The molecule has 0 aliphatic heterocycles. The number of nitrogens with zero attached hydrogens (tertiary/aromatic N) is 7. The van der Waals surface area contributed by atoms with Gasteiger partial charge >= 0.3 is 0 Å². The molecule has 0 spiro atoms. The molecule has 10 aromatic rings. The lowest BCUT2D eigenvalue weighted by molar-refractivity contribution is -0.694. The lowest BCUT2D eigenvalue weighted by Crippen LogP contribution is -3.00. The quantitative estimate of drug-likeness (QED) is 0.0235. The summed E-state index contributed by atoms with van der Waals surface area (Å²) in [5.41, 5.74) is 4.12. The van der Waals surface area contributed by atoms with E-state index >= 15 is 0 Å².